The first kappa shape index (κ1) is 12.9. The molecule has 0 atom stereocenters. The van der Waals surface area contributed by atoms with Gasteiger partial charge < -0.3 is 19.9 Å². The third kappa shape index (κ3) is 6.81. The molecule has 0 amide bonds. The molecule has 0 bridgehead atoms. The molecule has 0 aromatic heterocycles. The van der Waals surface area contributed by atoms with E-state index < -0.39 is 0 Å². The fraction of sp³-hybridized carbons (Fsp3) is 1.00. The molecule has 1 saturated heterocycles. The smallest absolute Gasteiger partial charge is 0.0701 e. The first-order valence-electron chi connectivity index (χ1n) is 5.59. The molecular weight excluding hydrogens is 196 g/mol. The van der Waals surface area contributed by atoms with Crippen molar-refractivity contribution in [2.75, 3.05) is 65.8 Å². The van der Waals surface area contributed by atoms with Crippen LogP contribution in [0.15, 0.2) is 0 Å². The van der Waals surface area contributed by atoms with Crippen LogP contribution in [0.2, 0.25) is 0 Å². The van der Waals surface area contributed by atoms with Gasteiger partial charge in [-0.05, 0) is 0 Å². The molecule has 0 radical (unpaired) electrons. The molecule has 15 heavy (non-hydrogen) atoms. The number of nitrogens with two attached hydrogens (primary N) is 1. The molecule has 0 unspecified atom stereocenters. The van der Waals surface area contributed by atoms with E-state index in [0.717, 1.165) is 39.5 Å². The second-order valence-corrected chi connectivity index (χ2v) is 3.47. The van der Waals surface area contributed by atoms with Gasteiger partial charge in [-0.1, -0.05) is 0 Å². The van der Waals surface area contributed by atoms with Gasteiger partial charge in [-0.15, -0.1) is 0 Å². The molecule has 0 spiro atoms. The van der Waals surface area contributed by atoms with Crippen molar-refractivity contribution in [2.24, 2.45) is 5.73 Å². The molecule has 0 aliphatic carbocycles. The van der Waals surface area contributed by atoms with Crippen LogP contribution in [-0.2, 0) is 14.2 Å². The predicted molar refractivity (Wildman–Crippen MR) is 58.0 cm³/mol. The summed E-state index contributed by atoms with van der Waals surface area (Å²) < 4.78 is 15.9. The lowest BCUT2D eigenvalue weighted by atomic mass is 10.4. The fourth-order valence-corrected chi connectivity index (χ4v) is 1.42. The Morgan fingerprint density at radius 2 is 1.67 bits per heavy atom. The summed E-state index contributed by atoms with van der Waals surface area (Å²) in [7, 11) is 0. The minimum Gasteiger partial charge on any atom is -0.379 e. The standard InChI is InChI=1S/C10H22N2O3/c11-1-5-13-9-10-15-8-4-12-2-6-14-7-3-12/h1-11H2. The highest BCUT2D eigenvalue weighted by molar-refractivity contribution is 4.60. The number of hydrogen-bond donors (Lipinski definition) is 1. The Balaban J connectivity index is 1.79. The Labute approximate surface area is 91.5 Å². The van der Waals surface area contributed by atoms with Gasteiger partial charge in [0.25, 0.3) is 0 Å². The van der Waals surface area contributed by atoms with Crippen molar-refractivity contribution in [1.82, 2.24) is 4.90 Å². The molecular formula is C10H22N2O3. The lowest BCUT2D eigenvalue weighted by Crippen LogP contribution is -2.38. The van der Waals surface area contributed by atoms with E-state index in [1.807, 2.05) is 0 Å². The monoisotopic (exact) mass is 218 g/mol. The van der Waals surface area contributed by atoms with Crippen molar-refractivity contribution in [3.05, 3.63) is 0 Å². The summed E-state index contributed by atoms with van der Waals surface area (Å²) in [5.74, 6) is 0. The molecule has 5 nitrogen and oxygen atoms in total. The third-order valence-electron chi connectivity index (χ3n) is 2.29. The van der Waals surface area contributed by atoms with Crippen LogP contribution in [0.4, 0.5) is 0 Å². The summed E-state index contributed by atoms with van der Waals surface area (Å²) in [5, 5.41) is 0. The highest BCUT2D eigenvalue weighted by Gasteiger charge is 2.08. The van der Waals surface area contributed by atoms with Gasteiger partial charge in [0.2, 0.25) is 0 Å². The largest absolute Gasteiger partial charge is 0.379 e. The van der Waals surface area contributed by atoms with Crippen molar-refractivity contribution in [1.29, 1.82) is 0 Å². The van der Waals surface area contributed by atoms with E-state index in [0.29, 0.717) is 26.4 Å². The molecule has 5 heteroatoms. The average Bonchev–Trinajstić information content (AvgIpc) is 2.29. The van der Waals surface area contributed by atoms with Gasteiger partial charge in [0.05, 0.1) is 39.6 Å². The van der Waals surface area contributed by atoms with E-state index in [2.05, 4.69) is 4.90 Å². The predicted octanol–water partition coefficient (Wildman–Crippen LogP) is -0.689. The molecule has 1 aliphatic heterocycles. The average molecular weight is 218 g/mol. The van der Waals surface area contributed by atoms with Crippen molar-refractivity contribution < 1.29 is 14.2 Å². The lowest BCUT2D eigenvalue weighted by molar-refractivity contribution is 0.00875. The molecule has 0 aromatic rings. The zero-order valence-corrected chi connectivity index (χ0v) is 9.32. The number of hydrogen-bond acceptors (Lipinski definition) is 5. The van der Waals surface area contributed by atoms with E-state index in [1.54, 1.807) is 0 Å². The molecule has 0 aromatic carbocycles. The second-order valence-electron chi connectivity index (χ2n) is 3.47. The number of ether oxygens (including phenoxy) is 3. The molecule has 90 valence electrons. The zero-order chi connectivity index (χ0) is 10.8. The minimum atomic E-state index is 0.577. The summed E-state index contributed by atoms with van der Waals surface area (Å²) in [6, 6.07) is 0. The summed E-state index contributed by atoms with van der Waals surface area (Å²) in [4.78, 5) is 2.35. The highest BCUT2D eigenvalue weighted by Crippen LogP contribution is 1.95. The van der Waals surface area contributed by atoms with Gasteiger partial charge in [-0.25, -0.2) is 0 Å². The van der Waals surface area contributed by atoms with E-state index in [9.17, 15) is 0 Å². The third-order valence-corrected chi connectivity index (χ3v) is 2.29. The maximum absolute atomic E-state index is 5.43. The van der Waals surface area contributed by atoms with Gasteiger partial charge in [0.1, 0.15) is 0 Å². The van der Waals surface area contributed by atoms with Gasteiger partial charge in [-0.3, -0.25) is 4.90 Å². The van der Waals surface area contributed by atoms with Crippen LogP contribution in [0.3, 0.4) is 0 Å². The van der Waals surface area contributed by atoms with Crippen molar-refractivity contribution in [3.63, 3.8) is 0 Å². The van der Waals surface area contributed by atoms with E-state index >= 15 is 0 Å². The van der Waals surface area contributed by atoms with Gasteiger partial charge in [0, 0.05) is 26.2 Å². The van der Waals surface area contributed by atoms with Gasteiger partial charge >= 0.3 is 0 Å². The quantitative estimate of drug-likeness (QED) is 0.547. The maximum Gasteiger partial charge on any atom is 0.0701 e. The van der Waals surface area contributed by atoms with Crippen LogP contribution in [0.1, 0.15) is 0 Å². The Kier molecular flexibility index (Phi) is 7.77. The summed E-state index contributed by atoms with van der Waals surface area (Å²) in [6.07, 6.45) is 0. The van der Waals surface area contributed by atoms with Crippen LogP contribution in [-0.4, -0.2) is 70.7 Å². The lowest BCUT2D eigenvalue weighted by Gasteiger charge is -2.26. The summed E-state index contributed by atoms with van der Waals surface area (Å²) in [6.45, 7) is 7.98. The van der Waals surface area contributed by atoms with E-state index in [-0.39, 0.29) is 0 Å². The molecule has 0 saturated carbocycles. The first-order valence-corrected chi connectivity index (χ1v) is 5.59. The molecule has 1 heterocycles. The topological polar surface area (TPSA) is 57.0 Å². The highest BCUT2D eigenvalue weighted by atomic mass is 16.5. The molecule has 1 aliphatic rings. The summed E-state index contributed by atoms with van der Waals surface area (Å²) >= 11 is 0. The van der Waals surface area contributed by atoms with Crippen LogP contribution in [0.5, 0.6) is 0 Å². The SMILES string of the molecule is NCCOCCOCCN1CCOCC1. The first-order chi connectivity index (χ1) is 7.43. The summed E-state index contributed by atoms with van der Waals surface area (Å²) in [5.41, 5.74) is 5.28. The van der Waals surface area contributed by atoms with Crippen LogP contribution in [0.25, 0.3) is 0 Å². The minimum absolute atomic E-state index is 0.577. The van der Waals surface area contributed by atoms with E-state index in [1.165, 1.54) is 0 Å². The van der Waals surface area contributed by atoms with Crippen LogP contribution in [0, 0.1) is 0 Å². The second kappa shape index (κ2) is 9.06. The molecule has 1 rings (SSSR count). The molecule has 1 fully saturated rings. The normalized spacial score (nSPS) is 18.2. The van der Waals surface area contributed by atoms with Crippen LogP contribution >= 0.6 is 0 Å². The number of morpholine rings is 1. The van der Waals surface area contributed by atoms with Crippen LogP contribution < -0.4 is 5.73 Å². The maximum atomic E-state index is 5.43. The Hall–Kier alpha value is -0.200. The van der Waals surface area contributed by atoms with E-state index in [4.69, 9.17) is 19.9 Å². The number of nitrogens with zero attached hydrogens (tertiary/aromatic N) is 1. The van der Waals surface area contributed by atoms with Crippen molar-refractivity contribution in [3.8, 4) is 0 Å². The Morgan fingerprint density at radius 1 is 1.00 bits per heavy atom. The number of rotatable bonds is 8. The Morgan fingerprint density at radius 3 is 2.33 bits per heavy atom. The Bertz CT molecular complexity index is 141. The van der Waals surface area contributed by atoms with Gasteiger partial charge in [0.15, 0.2) is 0 Å². The zero-order valence-electron chi connectivity index (χ0n) is 9.32. The van der Waals surface area contributed by atoms with Crippen molar-refractivity contribution >= 4 is 0 Å². The van der Waals surface area contributed by atoms with Crippen molar-refractivity contribution in [2.45, 2.75) is 0 Å². The van der Waals surface area contributed by atoms with Gasteiger partial charge in [-0.2, -0.15) is 0 Å². The molecule has 2 N–H and O–H groups in total. The fourth-order valence-electron chi connectivity index (χ4n) is 1.42.